The molecule has 1 aliphatic rings. The number of hydrogen-bond acceptors (Lipinski definition) is 2. The zero-order valence-corrected chi connectivity index (χ0v) is 12.5. The number of allylic oxidation sites excluding steroid dienone is 2. The largest absolute Gasteiger partial charge is 0.356 e. The summed E-state index contributed by atoms with van der Waals surface area (Å²) in [4.78, 5) is 12.0. The number of nitrogens with one attached hydrogen (secondary N) is 2. The van der Waals surface area contributed by atoms with E-state index in [0.29, 0.717) is 12.3 Å². The fraction of sp³-hybridized carbons (Fsp3) is 0.211. The third-order valence-corrected chi connectivity index (χ3v) is 3.79. The highest BCUT2D eigenvalue weighted by Crippen LogP contribution is 2.22. The standard InChI is InChI=1S/C19H20N2O/c22-19(14-15-6-4-5-7-15)21-18-12-10-17(11-13-18)20-16-8-2-1-3-9-16/h1-4,6,8-13,15,20H,5,7,14H2,(H,21,22). The van der Waals surface area contributed by atoms with Gasteiger partial charge in [-0.2, -0.15) is 0 Å². The maximum absolute atomic E-state index is 12.0. The van der Waals surface area contributed by atoms with Gasteiger partial charge in [0.05, 0.1) is 0 Å². The van der Waals surface area contributed by atoms with Crippen LogP contribution in [-0.2, 0) is 4.79 Å². The van der Waals surface area contributed by atoms with Crippen LogP contribution < -0.4 is 10.6 Å². The Hall–Kier alpha value is -2.55. The van der Waals surface area contributed by atoms with Gasteiger partial charge in [0.2, 0.25) is 5.91 Å². The SMILES string of the molecule is O=C(CC1C=CCC1)Nc1ccc(Nc2ccccc2)cc1. The lowest BCUT2D eigenvalue weighted by Gasteiger charge is -2.10. The molecule has 1 atom stereocenters. The number of hydrogen-bond donors (Lipinski definition) is 2. The molecule has 3 nitrogen and oxygen atoms in total. The van der Waals surface area contributed by atoms with Crippen LogP contribution in [0.25, 0.3) is 0 Å². The van der Waals surface area contributed by atoms with Crippen LogP contribution in [0.2, 0.25) is 0 Å². The third-order valence-electron chi connectivity index (χ3n) is 3.79. The van der Waals surface area contributed by atoms with Gasteiger partial charge in [-0.1, -0.05) is 30.4 Å². The Labute approximate surface area is 131 Å². The minimum absolute atomic E-state index is 0.0836. The molecule has 2 aromatic rings. The Kier molecular flexibility index (Phi) is 4.54. The Bertz CT molecular complexity index is 647. The van der Waals surface area contributed by atoms with Crippen molar-refractivity contribution in [1.29, 1.82) is 0 Å². The van der Waals surface area contributed by atoms with Crippen molar-refractivity contribution in [3.8, 4) is 0 Å². The van der Waals surface area contributed by atoms with Crippen molar-refractivity contribution < 1.29 is 4.79 Å². The average Bonchev–Trinajstić information content (AvgIpc) is 3.03. The van der Waals surface area contributed by atoms with E-state index in [-0.39, 0.29) is 5.91 Å². The highest BCUT2D eigenvalue weighted by atomic mass is 16.1. The smallest absolute Gasteiger partial charge is 0.224 e. The molecule has 1 unspecified atom stereocenters. The summed E-state index contributed by atoms with van der Waals surface area (Å²) >= 11 is 0. The highest BCUT2D eigenvalue weighted by Gasteiger charge is 2.13. The van der Waals surface area contributed by atoms with Gasteiger partial charge in [0.25, 0.3) is 0 Å². The molecule has 0 fully saturated rings. The lowest BCUT2D eigenvalue weighted by molar-refractivity contribution is -0.116. The number of carbonyl (C=O) groups is 1. The summed E-state index contributed by atoms with van der Waals surface area (Å²) < 4.78 is 0. The zero-order chi connectivity index (χ0) is 15.2. The second-order valence-corrected chi connectivity index (χ2v) is 5.59. The van der Waals surface area contributed by atoms with E-state index in [1.807, 2.05) is 54.6 Å². The number of carbonyl (C=O) groups excluding carboxylic acids is 1. The van der Waals surface area contributed by atoms with E-state index < -0.39 is 0 Å². The molecule has 112 valence electrons. The minimum atomic E-state index is 0.0836. The Morgan fingerprint density at radius 3 is 2.32 bits per heavy atom. The maximum atomic E-state index is 12.0. The molecule has 0 bridgehead atoms. The first kappa shape index (κ1) is 14.4. The lowest BCUT2D eigenvalue weighted by Crippen LogP contribution is -2.14. The Morgan fingerprint density at radius 1 is 0.955 bits per heavy atom. The second kappa shape index (κ2) is 6.94. The van der Waals surface area contributed by atoms with Crippen molar-refractivity contribution in [3.05, 3.63) is 66.7 Å². The molecular formula is C19H20N2O. The molecule has 2 N–H and O–H groups in total. The van der Waals surface area contributed by atoms with Gasteiger partial charge in [0, 0.05) is 23.5 Å². The number of para-hydroxylation sites is 1. The summed E-state index contributed by atoms with van der Waals surface area (Å²) in [5, 5.41) is 6.28. The molecule has 0 spiro atoms. The van der Waals surface area contributed by atoms with Crippen LogP contribution in [0.4, 0.5) is 17.1 Å². The lowest BCUT2D eigenvalue weighted by atomic mass is 10.1. The highest BCUT2D eigenvalue weighted by molar-refractivity contribution is 5.91. The van der Waals surface area contributed by atoms with E-state index in [4.69, 9.17) is 0 Å². The van der Waals surface area contributed by atoms with E-state index >= 15 is 0 Å². The quantitative estimate of drug-likeness (QED) is 0.782. The first-order valence-electron chi connectivity index (χ1n) is 7.68. The van der Waals surface area contributed by atoms with Crippen LogP contribution in [0.1, 0.15) is 19.3 Å². The van der Waals surface area contributed by atoms with Gasteiger partial charge >= 0.3 is 0 Å². The minimum Gasteiger partial charge on any atom is -0.356 e. The summed E-state index contributed by atoms with van der Waals surface area (Å²) in [6.07, 6.45) is 7.06. The number of rotatable bonds is 5. The van der Waals surface area contributed by atoms with Crippen molar-refractivity contribution in [2.75, 3.05) is 10.6 Å². The maximum Gasteiger partial charge on any atom is 0.224 e. The number of amides is 1. The van der Waals surface area contributed by atoms with E-state index in [1.165, 1.54) is 0 Å². The van der Waals surface area contributed by atoms with Crippen LogP contribution in [0.5, 0.6) is 0 Å². The van der Waals surface area contributed by atoms with Crippen LogP contribution in [0.15, 0.2) is 66.7 Å². The van der Waals surface area contributed by atoms with Crippen molar-refractivity contribution in [2.45, 2.75) is 19.3 Å². The van der Waals surface area contributed by atoms with Crippen LogP contribution in [-0.4, -0.2) is 5.91 Å². The molecule has 0 aromatic heterocycles. The molecular weight excluding hydrogens is 272 g/mol. The molecule has 2 aromatic carbocycles. The van der Waals surface area contributed by atoms with E-state index in [9.17, 15) is 4.79 Å². The Balaban J connectivity index is 1.54. The van der Waals surface area contributed by atoms with E-state index in [1.54, 1.807) is 0 Å². The van der Waals surface area contributed by atoms with Gasteiger partial charge in [0.1, 0.15) is 0 Å². The molecule has 3 rings (SSSR count). The van der Waals surface area contributed by atoms with Gasteiger partial charge in [0.15, 0.2) is 0 Å². The summed E-state index contributed by atoms with van der Waals surface area (Å²) in [7, 11) is 0. The van der Waals surface area contributed by atoms with Crippen LogP contribution in [0, 0.1) is 5.92 Å². The van der Waals surface area contributed by atoms with Crippen molar-refractivity contribution in [1.82, 2.24) is 0 Å². The fourth-order valence-electron chi connectivity index (χ4n) is 2.64. The first-order valence-corrected chi connectivity index (χ1v) is 7.68. The van der Waals surface area contributed by atoms with Gasteiger partial charge in [-0.15, -0.1) is 0 Å². The summed E-state index contributed by atoms with van der Waals surface area (Å²) in [6, 6.07) is 17.8. The van der Waals surface area contributed by atoms with Gasteiger partial charge in [-0.05, 0) is 55.2 Å². The molecule has 0 saturated carbocycles. The molecule has 22 heavy (non-hydrogen) atoms. The van der Waals surface area contributed by atoms with Crippen molar-refractivity contribution in [2.24, 2.45) is 5.92 Å². The normalized spacial score (nSPS) is 16.5. The summed E-state index contributed by atoms with van der Waals surface area (Å²) in [5.74, 6) is 0.485. The van der Waals surface area contributed by atoms with Crippen molar-refractivity contribution >= 4 is 23.0 Å². The molecule has 3 heteroatoms. The fourth-order valence-corrected chi connectivity index (χ4v) is 2.64. The molecule has 1 amide bonds. The van der Waals surface area contributed by atoms with Gasteiger partial charge in [-0.25, -0.2) is 0 Å². The average molecular weight is 292 g/mol. The van der Waals surface area contributed by atoms with Crippen LogP contribution >= 0.6 is 0 Å². The third kappa shape index (κ3) is 3.98. The summed E-state index contributed by atoms with van der Waals surface area (Å²) in [6.45, 7) is 0. The van der Waals surface area contributed by atoms with Crippen LogP contribution in [0.3, 0.4) is 0 Å². The van der Waals surface area contributed by atoms with Gasteiger partial charge < -0.3 is 10.6 Å². The van der Waals surface area contributed by atoms with E-state index in [2.05, 4.69) is 22.8 Å². The number of benzene rings is 2. The van der Waals surface area contributed by atoms with Crippen molar-refractivity contribution in [3.63, 3.8) is 0 Å². The second-order valence-electron chi connectivity index (χ2n) is 5.59. The molecule has 0 heterocycles. The number of anilines is 3. The van der Waals surface area contributed by atoms with E-state index in [0.717, 1.165) is 29.9 Å². The molecule has 0 saturated heterocycles. The predicted molar refractivity (Wildman–Crippen MR) is 91.3 cm³/mol. The first-order chi connectivity index (χ1) is 10.8. The molecule has 0 radical (unpaired) electrons. The predicted octanol–water partition coefficient (Wildman–Crippen LogP) is 4.73. The monoisotopic (exact) mass is 292 g/mol. The molecule has 1 aliphatic carbocycles. The summed E-state index contributed by atoms with van der Waals surface area (Å²) in [5.41, 5.74) is 2.89. The zero-order valence-electron chi connectivity index (χ0n) is 12.5. The Morgan fingerprint density at radius 2 is 1.64 bits per heavy atom. The topological polar surface area (TPSA) is 41.1 Å². The van der Waals surface area contributed by atoms with Gasteiger partial charge in [-0.3, -0.25) is 4.79 Å². The molecule has 0 aliphatic heterocycles.